The first-order valence-corrected chi connectivity index (χ1v) is 6.94. The third kappa shape index (κ3) is 1.78. The summed E-state index contributed by atoms with van der Waals surface area (Å²) in [5.41, 5.74) is 8.12. The van der Waals surface area contributed by atoms with Crippen molar-refractivity contribution in [1.82, 2.24) is 9.55 Å². The number of imidazole rings is 1. The second-order valence-corrected chi connectivity index (χ2v) is 5.65. The van der Waals surface area contributed by atoms with Crippen LogP contribution < -0.4 is 10.5 Å². The van der Waals surface area contributed by atoms with Crippen molar-refractivity contribution in [2.45, 2.75) is 32.7 Å². The first-order chi connectivity index (χ1) is 9.13. The summed E-state index contributed by atoms with van der Waals surface area (Å²) >= 11 is 0. The van der Waals surface area contributed by atoms with Gasteiger partial charge in [-0.05, 0) is 36.8 Å². The molecular weight excluding hydrogens is 238 g/mol. The van der Waals surface area contributed by atoms with Crippen LogP contribution in [0, 0.1) is 11.8 Å². The smallest absolute Gasteiger partial charge is 0.201 e. The number of methoxy groups -OCH3 is 1. The summed E-state index contributed by atoms with van der Waals surface area (Å²) in [5.74, 6) is 2.77. The molecule has 3 atom stereocenters. The maximum Gasteiger partial charge on any atom is 0.201 e. The van der Waals surface area contributed by atoms with E-state index in [9.17, 15) is 0 Å². The van der Waals surface area contributed by atoms with Gasteiger partial charge in [0.05, 0.1) is 12.6 Å². The molecule has 1 aromatic carbocycles. The highest BCUT2D eigenvalue weighted by Crippen LogP contribution is 2.43. The molecule has 0 aliphatic heterocycles. The Kier molecular flexibility index (Phi) is 2.88. The van der Waals surface area contributed by atoms with Gasteiger partial charge in [0.25, 0.3) is 0 Å². The van der Waals surface area contributed by atoms with Crippen LogP contribution in [-0.4, -0.2) is 16.7 Å². The van der Waals surface area contributed by atoms with E-state index in [-0.39, 0.29) is 0 Å². The second-order valence-electron chi connectivity index (χ2n) is 5.65. The Morgan fingerprint density at radius 1 is 1.32 bits per heavy atom. The van der Waals surface area contributed by atoms with Gasteiger partial charge in [0, 0.05) is 6.04 Å². The van der Waals surface area contributed by atoms with Crippen molar-refractivity contribution in [3.05, 3.63) is 18.2 Å². The lowest BCUT2D eigenvalue weighted by molar-refractivity contribution is 0.361. The number of ether oxygens (including phenoxy) is 1. The number of nitrogens with zero attached hydrogens (tertiary/aromatic N) is 2. The van der Waals surface area contributed by atoms with Gasteiger partial charge in [-0.15, -0.1) is 0 Å². The minimum Gasteiger partial charge on any atom is -0.494 e. The van der Waals surface area contributed by atoms with E-state index in [0.29, 0.717) is 17.9 Å². The average Bonchev–Trinajstić information content (AvgIpc) is 2.90. The van der Waals surface area contributed by atoms with Crippen LogP contribution in [-0.2, 0) is 0 Å². The zero-order valence-corrected chi connectivity index (χ0v) is 11.8. The van der Waals surface area contributed by atoms with Crippen LogP contribution in [0.1, 0.15) is 32.7 Å². The molecule has 2 N–H and O–H groups in total. The Hall–Kier alpha value is -1.71. The van der Waals surface area contributed by atoms with Crippen LogP contribution in [0.4, 0.5) is 5.95 Å². The van der Waals surface area contributed by atoms with E-state index in [4.69, 9.17) is 10.5 Å². The average molecular weight is 259 g/mol. The van der Waals surface area contributed by atoms with E-state index < -0.39 is 0 Å². The molecule has 3 unspecified atom stereocenters. The van der Waals surface area contributed by atoms with E-state index in [1.54, 1.807) is 7.11 Å². The SMILES string of the molecule is COc1cccc2c1nc(N)n2C1CCC(C)C1C. The molecule has 1 aromatic heterocycles. The molecule has 1 heterocycles. The van der Waals surface area contributed by atoms with E-state index in [1.165, 1.54) is 12.8 Å². The fraction of sp³-hybridized carbons (Fsp3) is 0.533. The van der Waals surface area contributed by atoms with Crippen molar-refractivity contribution in [3.8, 4) is 5.75 Å². The standard InChI is InChI=1S/C15H21N3O/c1-9-7-8-11(10(9)2)18-12-5-4-6-13(19-3)14(12)17-15(18)16/h4-6,9-11H,7-8H2,1-3H3,(H2,16,17). The van der Waals surface area contributed by atoms with Crippen LogP contribution in [0.2, 0.25) is 0 Å². The predicted octanol–water partition coefficient (Wildman–Crippen LogP) is 3.23. The first kappa shape index (κ1) is 12.3. The number of nitrogen functional groups attached to an aromatic ring is 1. The number of aromatic nitrogens is 2. The quantitative estimate of drug-likeness (QED) is 0.900. The monoisotopic (exact) mass is 259 g/mol. The molecule has 3 rings (SSSR count). The van der Waals surface area contributed by atoms with Crippen LogP contribution in [0.5, 0.6) is 5.75 Å². The Bertz CT molecular complexity index is 605. The van der Waals surface area contributed by atoms with E-state index >= 15 is 0 Å². The summed E-state index contributed by atoms with van der Waals surface area (Å²) in [7, 11) is 1.67. The number of hydrogen-bond acceptors (Lipinski definition) is 3. The number of para-hydroxylation sites is 1. The van der Waals surface area contributed by atoms with Crippen molar-refractivity contribution < 1.29 is 4.74 Å². The molecule has 102 valence electrons. The summed E-state index contributed by atoms with van der Waals surface area (Å²) in [5, 5.41) is 0. The van der Waals surface area contributed by atoms with Gasteiger partial charge in [-0.1, -0.05) is 19.9 Å². The van der Waals surface area contributed by atoms with Crippen LogP contribution in [0.15, 0.2) is 18.2 Å². The van der Waals surface area contributed by atoms with Crippen molar-refractivity contribution >= 4 is 17.0 Å². The molecule has 19 heavy (non-hydrogen) atoms. The molecule has 2 aromatic rings. The first-order valence-electron chi connectivity index (χ1n) is 6.94. The number of hydrogen-bond donors (Lipinski definition) is 1. The molecule has 0 bridgehead atoms. The highest BCUT2D eigenvalue weighted by molar-refractivity contribution is 5.84. The lowest BCUT2D eigenvalue weighted by Crippen LogP contribution is -2.16. The molecule has 1 saturated carbocycles. The Labute approximate surface area is 113 Å². The van der Waals surface area contributed by atoms with Crippen molar-refractivity contribution in [3.63, 3.8) is 0 Å². The number of nitrogens with two attached hydrogens (primary N) is 1. The van der Waals surface area contributed by atoms with E-state index in [2.05, 4.69) is 29.5 Å². The van der Waals surface area contributed by atoms with Gasteiger partial charge in [-0.3, -0.25) is 0 Å². The summed E-state index contributed by atoms with van der Waals surface area (Å²) in [6.07, 6.45) is 2.43. The fourth-order valence-electron chi connectivity index (χ4n) is 3.33. The second kappa shape index (κ2) is 4.44. The maximum absolute atomic E-state index is 6.16. The zero-order chi connectivity index (χ0) is 13.6. The highest BCUT2D eigenvalue weighted by atomic mass is 16.5. The number of benzene rings is 1. The lowest BCUT2D eigenvalue weighted by atomic mass is 9.97. The summed E-state index contributed by atoms with van der Waals surface area (Å²) in [6.45, 7) is 4.63. The summed E-state index contributed by atoms with van der Waals surface area (Å²) in [6, 6.07) is 6.46. The highest BCUT2D eigenvalue weighted by Gasteiger charge is 2.33. The Morgan fingerprint density at radius 2 is 2.11 bits per heavy atom. The van der Waals surface area contributed by atoms with E-state index in [1.807, 2.05) is 12.1 Å². The van der Waals surface area contributed by atoms with Crippen LogP contribution in [0.3, 0.4) is 0 Å². The van der Waals surface area contributed by atoms with Gasteiger partial charge in [-0.2, -0.15) is 0 Å². The zero-order valence-electron chi connectivity index (χ0n) is 11.8. The van der Waals surface area contributed by atoms with Crippen LogP contribution >= 0.6 is 0 Å². The van der Waals surface area contributed by atoms with Gasteiger partial charge in [0.1, 0.15) is 11.3 Å². The van der Waals surface area contributed by atoms with Crippen molar-refractivity contribution in [1.29, 1.82) is 0 Å². The molecule has 1 fully saturated rings. The Balaban J connectivity index is 2.16. The third-order valence-electron chi connectivity index (χ3n) is 4.68. The summed E-state index contributed by atoms with van der Waals surface area (Å²) < 4.78 is 7.58. The topological polar surface area (TPSA) is 53.1 Å². The Morgan fingerprint density at radius 3 is 2.74 bits per heavy atom. The predicted molar refractivity (Wildman–Crippen MR) is 77.3 cm³/mol. The number of anilines is 1. The van der Waals surface area contributed by atoms with Gasteiger partial charge in [-0.25, -0.2) is 4.98 Å². The minimum absolute atomic E-state index is 0.451. The fourth-order valence-corrected chi connectivity index (χ4v) is 3.33. The molecule has 1 aliphatic rings. The lowest BCUT2D eigenvalue weighted by Gasteiger charge is -2.21. The minimum atomic E-state index is 0.451. The maximum atomic E-state index is 6.16. The third-order valence-corrected chi connectivity index (χ3v) is 4.68. The van der Waals surface area contributed by atoms with E-state index in [0.717, 1.165) is 22.7 Å². The van der Waals surface area contributed by atoms with Crippen molar-refractivity contribution in [2.24, 2.45) is 11.8 Å². The van der Waals surface area contributed by atoms with Gasteiger partial charge >= 0.3 is 0 Å². The number of rotatable bonds is 2. The molecule has 4 heteroatoms. The number of fused-ring (bicyclic) bond motifs is 1. The van der Waals surface area contributed by atoms with Crippen molar-refractivity contribution in [2.75, 3.05) is 12.8 Å². The van der Waals surface area contributed by atoms with Crippen LogP contribution in [0.25, 0.3) is 11.0 Å². The molecule has 1 aliphatic carbocycles. The normalized spacial score (nSPS) is 27.0. The molecular formula is C15H21N3O. The van der Waals surface area contributed by atoms with Gasteiger partial charge in [0.15, 0.2) is 0 Å². The molecule has 0 spiro atoms. The molecule has 0 radical (unpaired) electrons. The largest absolute Gasteiger partial charge is 0.494 e. The van der Waals surface area contributed by atoms with Gasteiger partial charge < -0.3 is 15.0 Å². The molecule has 4 nitrogen and oxygen atoms in total. The molecule has 0 saturated heterocycles. The summed E-state index contributed by atoms with van der Waals surface area (Å²) in [4.78, 5) is 4.50. The van der Waals surface area contributed by atoms with Gasteiger partial charge in [0.2, 0.25) is 5.95 Å². The molecule has 0 amide bonds.